The average Bonchev–Trinajstić information content (AvgIpc) is 3.47. The van der Waals surface area contributed by atoms with Crippen LogP contribution in [-0.4, -0.2) is 45.8 Å². The topological polar surface area (TPSA) is 81.7 Å². The molecule has 3 aromatic heterocycles. The molecule has 4 heterocycles. The summed E-state index contributed by atoms with van der Waals surface area (Å²) in [6.07, 6.45) is 5.20. The average molecular weight is 423 g/mol. The van der Waals surface area contributed by atoms with Crippen molar-refractivity contribution < 1.29 is 9.18 Å². The third-order valence-electron chi connectivity index (χ3n) is 5.23. The maximum atomic E-state index is 13.3. The smallest absolute Gasteiger partial charge is 0.254 e. The van der Waals surface area contributed by atoms with Crippen LogP contribution in [0.25, 0.3) is 16.6 Å². The number of nitrogens with zero attached hydrogens (tertiary/aromatic N) is 7. The van der Waals surface area contributed by atoms with E-state index in [4.69, 9.17) is 4.98 Å². The molecule has 0 saturated heterocycles. The van der Waals surface area contributed by atoms with E-state index in [1.165, 1.54) is 35.8 Å². The van der Waals surface area contributed by atoms with Crippen LogP contribution in [0.1, 0.15) is 34.8 Å². The second kappa shape index (κ2) is 7.13. The Labute approximate surface area is 175 Å². The fourth-order valence-electron chi connectivity index (χ4n) is 3.80. The number of carbonyl (C=O) groups excluding carboxylic acids is 1. The van der Waals surface area contributed by atoms with Crippen molar-refractivity contribution in [2.75, 3.05) is 6.54 Å². The van der Waals surface area contributed by atoms with Crippen molar-refractivity contribution in [2.24, 2.45) is 0 Å². The van der Waals surface area contributed by atoms with Crippen molar-refractivity contribution in [2.45, 2.75) is 26.4 Å². The summed E-state index contributed by atoms with van der Waals surface area (Å²) in [6, 6.07) is 5.40. The van der Waals surface area contributed by atoms with Gasteiger partial charge in [0.05, 0.1) is 11.7 Å². The first-order valence-electron chi connectivity index (χ1n) is 9.49. The van der Waals surface area contributed by atoms with E-state index in [1.54, 1.807) is 17.4 Å². The standard InChI is InChI=1S/C20H18FN7OS/c1-12-16-17(26-8-7-22-11-26)24-18(19-23-13(2)25-30-19)28(16)10-9-27(12)20(29)14-3-5-15(21)6-4-14/h3-8,11-12H,9-10H2,1-2H3. The van der Waals surface area contributed by atoms with Gasteiger partial charge < -0.3 is 9.47 Å². The molecular weight excluding hydrogens is 405 g/mol. The van der Waals surface area contributed by atoms with E-state index in [-0.39, 0.29) is 17.8 Å². The summed E-state index contributed by atoms with van der Waals surface area (Å²) in [4.78, 5) is 28.4. The number of fused-ring (bicyclic) bond motifs is 1. The quantitative estimate of drug-likeness (QED) is 0.505. The number of aromatic nitrogens is 6. The van der Waals surface area contributed by atoms with Crippen LogP contribution >= 0.6 is 11.5 Å². The summed E-state index contributed by atoms with van der Waals surface area (Å²) in [6.45, 7) is 4.91. The fourth-order valence-corrected chi connectivity index (χ4v) is 4.47. The zero-order valence-electron chi connectivity index (χ0n) is 16.4. The van der Waals surface area contributed by atoms with Gasteiger partial charge in [0.2, 0.25) is 0 Å². The number of imidazole rings is 2. The first-order chi connectivity index (χ1) is 14.5. The second-order valence-corrected chi connectivity index (χ2v) is 7.85. The molecule has 0 N–H and O–H groups in total. The normalized spacial score (nSPS) is 16.0. The minimum atomic E-state index is -0.365. The van der Waals surface area contributed by atoms with Crippen LogP contribution < -0.4 is 0 Å². The van der Waals surface area contributed by atoms with E-state index in [1.807, 2.05) is 24.6 Å². The van der Waals surface area contributed by atoms with Gasteiger partial charge in [-0.15, -0.1) is 0 Å². The molecule has 152 valence electrons. The van der Waals surface area contributed by atoms with Crippen LogP contribution in [0.3, 0.4) is 0 Å². The minimum absolute atomic E-state index is 0.139. The molecule has 0 aliphatic carbocycles. The highest BCUT2D eigenvalue weighted by Crippen LogP contribution is 2.36. The van der Waals surface area contributed by atoms with Crippen LogP contribution in [0, 0.1) is 12.7 Å². The molecule has 8 nitrogen and oxygen atoms in total. The molecule has 1 aromatic carbocycles. The molecular formula is C20H18FN7OS. The molecule has 0 radical (unpaired) electrons. The van der Waals surface area contributed by atoms with E-state index < -0.39 is 0 Å². The Kier molecular flexibility index (Phi) is 4.43. The van der Waals surface area contributed by atoms with Gasteiger partial charge in [-0.2, -0.15) is 4.37 Å². The summed E-state index contributed by atoms with van der Waals surface area (Å²) < 4.78 is 21.5. The van der Waals surface area contributed by atoms with Crippen LogP contribution in [0.5, 0.6) is 0 Å². The van der Waals surface area contributed by atoms with E-state index >= 15 is 0 Å². The Morgan fingerprint density at radius 3 is 2.67 bits per heavy atom. The predicted octanol–water partition coefficient (Wildman–Crippen LogP) is 3.25. The Balaban J connectivity index is 1.60. The number of benzene rings is 1. The van der Waals surface area contributed by atoms with Gasteiger partial charge in [0.25, 0.3) is 5.91 Å². The van der Waals surface area contributed by atoms with E-state index in [9.17, 15) is 9.18 Å². The van der Waals surface area contributed by atoms with Crippen LogP contribution in [0.4, 0.5) is 4.39 Å². The summed E-state index contributed by atoms with van der Waals surface area (Å²) in [7, 11) is 0. The number of aryl methyl sites for hydroxylation is 1. The number of rotatable bonds is 3. The third kappa shape index (κ3) is 3.00. The summed E-state index contributed by atoms with van der Waals surface area (Å²) in [5, 5.41) is 0.741. The molecule has 0 fully saturated rings. The minimum Gasteiger partial charge on any atom is -0.328 e. The number of halogens is 1. The predicted molar refractivity (Wildman–Crippen MR) is 109 cm³/mol. The van der Waals surface area contributed by atoms with E-state index in [0.29, 0.717) is 30.3 Å². The molecule has 0 bridgehead atoms. The molecule has 5 rings (SSSR count). The summed E-state index contributed by atoms with van der Waals surface area (Å²) >= 11 is 1.31. The van der Waals surface area contributed by atoms with Crippen LogP contribution in [0.15, 0.2) is 43.0 Å². The molecule has 1 aliphatic rings. The number of amides is 1. The molecule has 1 amide bonds. The van der Waals surface area contributed by atoms with Gasteiger partial charge >= 0.3 is 0 Å². The van der Waals surface area contributed by atoms with Gasteiger partial charge in [-0.05, 0) is 49.6 Å². The molecule has 30 heavy (non-hydrogen) atoms. The third-order valence-corrected chi connectivity index (χ3v) is 6.04. The highest BCUT2D eigenvalue weighted by molar-refractivity contribution is 7.09. The van der Waals surface area contributed by atoms with Crippen molar-refractivity contribution in [1.82, 2.24) is 33.4 Å². The number of hydrogen-bond acceptors (Lipinski definition) is 6. The fraction of sp³-hybridized carbons (Fsp3) is 0.250. The molecule has 0 saturated carbocycles. The lowest BCUT2D eigenvalue weighted by Gasteiger charge is -2.35. The second-order valence-electron chi connectivity index (χ2n) is 7.09. The monoisotopic (exact) mass is 423 g/mol. The van der Waals surface area contributed by atoms with Crippen molar-refractivity contribution >= 4 is 17.4 Å². The Hall–Kier alpha value is -3.40. The number of carbonyl (C=O) groups is 1. The first kappa shape index (κ1) is 18.6. The van der Waals surface area contributed by atoms with Crippen molar-refractivity contribution in [3.63, 3.8) is 0 Å². The first-order valence-corrected chi connectivity index (χ1v) is 10.3. The van der Waals surface area contributed by atoms with Crippen molar-refractivity contribution in [3.8, 4) is 16.6 Å². The summed E-state index contributed by atoms with van der Waals surface area (Å²) in [5.74, 6) is 1.64. The van der Waals surface area contributed by atoms with Crippen LogP contribution in [-0.2, 0) is 6.54 Å². The molecule has 4 aromatic rings. The lowest BCUT2D eigenvalue weighted by Crippen LogP contribution is -2.41. The maximum absolute atomic E-state index is 13.3. The molecule has 1 unspecified atom stereocenters. The highest BCUT2D eigenvalue weighted by atomic mass is 32.1. The summed E-state index contributed by atoms with van der Waals surface area (Å²) in [5.41, 5.74) is 1.36. The Morgan fingerprint density at radius 1 is 1.20 bits per heavy atom. The van der Waals surface area contributed by atoms with E-state index in [2.05, 4.69) is 18.9 Å². The zero-order chi connectivity index (χ0) is 20.8. The molecule has 10 heteroatoms. The largest absolute Gasteiger partial charge is 0.328 e. The number of hydrogen-bond donors (Lipinski definition) is 0. The lowest BCUT2D eigenvalue weighted by molar-refractivity contribution is 0.0645. The zero-order valence-corrected chi connectivity index (χ0v) is 17.2. The Morgan fingerprint density at radius 2 is 2.00 bits per heavy atom. The van der Waals surface area contributed by atoms with Crippen LogP contribution in [0.2, 0.25) is 0 Å². The SMILES string of the molecule is Cc1nsc(-c2nc(-n3ccnc3)c3n2CCN(C(=O)c2ccc(F)cc2)C3C)n1. The van der Waals surface area contributed by atoms with Gasteiger partial charge in [0, 0.05) is 31.0 Å². The maximum Gasteiger partial charge on any atom is 0.254 e. The highest BCUT2D eigenvalue weighted by Gasteiger charge is 2.34. The molecule has 0 spiro atoms. The molecule has 1 atom stereocenters. The van der Waals surface area contributed by atoms with Gasteiger partial charge in [-0.25, -0.2) is 19.3 Å². The van der Waals surface area contributed by atoms with Gasteiger partial charge in [-0.1, -0.05) is 0 Å². The lowest BCUT2D eigenvalue weighted by atomic mass is 10.1. The van der Waals surface area contributed by atoms with Gasteiger partial charge in [0.1, 0.15) is 18.0 Å². The van der Waals surface area contributed by atoms with Crippen molar-refractivity contribution in [3.05, 3.63) is 65.9 Å². The Bertz CT molecular complexity index is 1210. The van der Waals surface area contributed by atoms with Crippen molar-refractivity contribution in [1.29, 1.82) is 0 Å². The van der Waals surface area contributed by atoms with E-state index in [0.717, 1.165) is 16.5 Å². The van der Waals surface area contributed by atoms with Gasteiger partial charge in [0.15, 0.2) is 16.6 Å². The molecule has 1 aliphatic heterocycles. The van der Waals surface area contributed by atoms with Gasteiger partial charge in [-0.3, -0.25) is 9.36 Å².